The minimum atomic E-state index is -0.270. The van der Waals surface area contributed by atoms with E-state index in [0.717, 1.165) is 5.56 Å². The first-order valence-electron chi connectivity index (χ1n) is 7.57. The summed E-state index contributed by atoms with van der Waals surface area (Å²) in [6, 6.07) is 9.93. The van der Waals surface area contributed by atoms with Crippen LogP contribution in [0.15, 0.2) is 28.8 Å². The van der Waals surface area contributed by atoms with Gasteiger partial charge in [0, 0.05) is 12.1 Å². The van der Waals surface area contributed by atoms with E-state index in [1.54, 1.807) is 6.92 Å². The lowest BCUT2D eigenvalue weighted by Crippen LogP contribution is -2.25. The van der Waals surface area contributed by atoms with Crippen molar-refractivity contribution in [1.29, 1.82) is 5.26 Å². The zero-order valence-electron chi connectivity index (χ0n) is 13.9. The van der Waals surface area contributed by atoms with Crippen LogP contribution in [-0.2, 0) is 5.41 Å². The highest BCUT2D eigenvalue weighted by molar-refractivity contribution is 6.00. The monoisotopic (exact) mass is 311 g/mol. The van der Waals surface area contributed by atoms with Gasteiger partial charge in [-0.1, -0.05) is 50.2 Å². The molecule has 2 aromatic rings. The molecule has 1 aromatic carbocycles. The molecule has 0 fully saturated rings. The van der Waals surface area contributed by atoms with Gasteiger partial charge >= 0.3 is 0 Å². The van der Waals surface area contributed by atoms with Gasteiger partial charge in [0.25, 0.3) is 5.91 Å². The number of benzene rings is 1. The highest BCUT2D eigenvalue weighted by Gasteiger charge is 2.22. The van der Waals surface area contributed by atoms with Crippen molar-refractivity contribution >= 4 is 5.91 Å². The number of aromatic nitrogens is 1. The van der Waals surface area contributed by atoms with Crippen molar-refractivity contribution in [3.05, 3.63) is 41.1 Å². The van der Waals surface area contributed by atoms with Crippen LogP contribution < -0.4 is 5.32 Å². The summed E-state index contributed by atoms with van der Waals surface area (Å²) in [6.07, 6.45) is 0.270. The number of hydrogen-bond donors (Lipinski definition) is 1. The minimum Gasteiger partial charge on any atom is -0.355 e. The summed E-state index contributed by atoms with van der Waals surface area (Å²) in [5, 5.41) is 15.2. The molecule has 0 bridgehead atoms. The van der Waals surface area contributed by atoms with Gasteiger partial charge in [0.1, 0.15) is 5.56 Å². The van der Waals surface area contributed by atoms with Gasteiger partial charge < -0.3 is 9.84 Å². The fourth-order valence-electron chi connectivity index (χ4n) is 2.28. The smallest absolute Gasteiger partial charge is 0.257 e. The van der Waals surface area contributed by atoms with Crippen LogP contribution in [0, 0.1) is 18.3 Å². The van der Waals surface area contributed by atoms with Gasteiger partial charge in [-0.15, -0.1) is 0 Å². The van der Waals surface area contributed by atoms with Gasteiger partial charge in [-0.05, 0) is 17.9 Å². The first-order chi connectivity index (χ1) is 10.8. The molecule has 0 aliphatic heterocycles. The van der Waals surface area contributed by atoms with E-state index in [9.17, 15) is 4.79 Å². The Morgan fingerprint density at radius 1 is 1.30 bits per heavy atom. The highest BCUT2D eigenvalue weighted by Crippen LogP contribution is 2.29. The Hall–Kier alpha value is -2.61. The third kappa shape index (κ3) is 3.78. The fraction of sp³-hybridized carbons (Fsp3) is 0.389. The van der Waals surface area contributed by atoms with Crippen LogP contribution in [0.1, 0.15) is 48.8 Å². The van der Waals surface area contributed by atoms with E-state index in [1.165, 1.54) is 5.56 Å². The van der Waals surface area contributed by atoms with Gasteiger partial charge in [-0.3, -0.25) is 4.79 Å². The van der Waals surface area contributed by atoms with E-state index >= 15 is 0 Å². The van der Waals surface area contributed by atoms with Gasteiger partial charge in [0.15, 0.2) is 5.76 Å². The third-order valence-corrected chi connectivity index (χ3v) is 3.63. The predicted molar refractivity (Wildman–Crippen MR) is 87.9 cm³/mol. The summed E-state index contributed by atoms with van der Waals surface area (Å²) < 4.78 is 5.36. The number of hydrogen-bond acceptors (Lipinski definition) is 4. The number of amides is 1. The fourth-order valence-corrected chi connectivity index (χ4v) is 2.28. The molecule has 0 aliphatic rings. The van der Waals surface area contributed by atoms with Crippen molar-refractivity contribution in [3.63, 3.8) is 0 Å². The van der Waals surface area contributed by atoms with Crippen molar-refractivity contribution in [3.8, 4) is 17.4 Å². The summed E-state index contributed by atoms with van der Waals surface area (Å²) in [5.74, 6) is 0.186. The van der Waals surface area contributed by atoms with Crippen molar-refractivity contribution < 1.29 is 9.32 Å². The van der Waals surface area contributed by atoms with Crippen molar-refractivity contribution in [2.24, 2.45) is 0 Å². The van der Waals surface area contributed by atoms with Crippen molar-refractivity contribution in [2.75, 3.05) is 6.54 Å². The van der Waals surface area contributed by atoms with Gasteiger partial charge in [0.05, 0.1) is 18.2 Å². The summed E-state index contributed by atoms with van der Waals surface area (Å²) in [4.78, 5) is 12.3. The first-order valence-corrected chi connectivity index (χ1v) is 7.57. The molecule has 0 radical (unpaired) electrons. The molecule has 0 unspecified atom stereocenters. The van der Waals surface area contributed by atoms with Crippen molar-refractivity contribution in [2.45, 2.75) is 39.5 Å². The maximum Gasteiger partial charge on any atom is 0.257 e. The second-order valence-electron chi connectivity index (χ2n) is 6.46. The Labute approximate surface area is 136 Å². The second-order valence-corrected chi connectivity index (χ2v) is 6.46. The number of aryl methyl sites for hydroxylation is 1. The topological polar surface area (TPSA) is 78.9 Å². The quantitative estimate of drug-likeness (QED) is 0.875. The first kappa shape index (κ1) is 16.8. The Morgan fingerprint density at radius 3 is 2.52 bits per heavy atom. The number of rotatable bonds is 4. The number of nitrogens with one attached hydrogen (secondary N) is 1. The Bertz CT molecular complexity index is 731. The number of carbonyl (C=O) groups excluding carboxylic acids is 1. The number of nitrogens with zero attached hydrogens (tertiary/aromatic N) is 2. The lowest BCUT2D eigenvalue weighted by atomic mass is 9.86. The standard InChI is InChI=1S/C18H21N3O2/c1-12-15(17(22)20-11-5-10-19)16(23-21-12)13-6-8-14(9-7-13)18(2,3)4/h6-9H,5,11H2,1-4H3,(H,20,22). The Morgan fingerprint density at radius 2 is 1.96 bits per heavy atom. The molecule has 1 amide bonds. The Balaban J connectivity index is 2.31. The molecular weight excluding hydrogens is 290 g/mol. The summed E-state index contributed by atoms with van der Waals surface area (Å²) >= 11 is 0. The number of nitriles is 1. The molecule has 2 rings (SSSR count). The lowest BCUT2D eigenvalue weighted by Gasteiger charge is -2.18. The van der Waals surface area contributed by atoms with E-state index in [1.807, 2.05) is 30.3 Å². The number of carbonyl (C=O) groups is 1. The molecule has 5 nitrogen and oxygen atoms in total. The van der Waals surface area contributed by atoms with E-state index in [4.69, 9.17) is 9.78 Å². The summed E-state index contributed by atoms with van der Waals surface area (Å²) in [6.45, 7) is 8.48. The summed E-state index contributed by atoms with van der Waals surface area (Å²) in [7, 11) is 0. The average molecular weight is 311 g/mol. The maximum atomic E-state index is 12.3. The molecule has 1 heterocycles. The van der Waals surface area contributed by atoms with E-state index < -0.39 is 0 Å². The average Bonchev–Trinajstić information content (AvgIpc) is 2.88. The van der Waals surface area contributed by atoms with Crippen LogP contribution in [-0.4, -0.2) is 17.6 Å². The van der Waals surface area contributed by atoms with Crippen LogP contribution in [0.25, 0.3) is 11.3 Å². The van der Waals surface area contributed by atoms with Gasteiger partial charge in [-0.25, -0.2) is 0 Å². The predicted octanol–water partition coefficient (Wildman–Crippen LogP) is 3.59. The van der Waals surface area contributed by atoms with Crippen LogP contribution in [0.3, 0.4) is 0 Å². The van der Waals surface area contributed by atoms with Crippen LogP contribution in [0.2, 0.25) is 0 Å². The highest BCUT2D eigenvalue weighted by atomic mass is 16.5. The third-order valence-electron chi connectivity index (χ3n) is 3.63. The van der Waals surface area contributed by atoms with E-state index in [-0.39, 0.29) is 17.7 Å². The molecule has 1 N–H and O–H groups in total. The van der Waals surface area contributed by atoms with Crippen LogP contribution in [0.4, 0.5) is 0 Å². The normalized spacial score (nSPS) is 11.1. The molecule has 5 heteroatoms. The molecule has 0 saturated heterocycles. The molecule has 23 heavy (non-hydrogen) atoms. The largest absolute Gasteiger partial charge is 0.355 e. The molecule has 120 valence electrons. The second kappa shape index (κ2) is 6.66. The minimum absolute atomic E-state index is 0.0629. The lowest BCUT2D eigenvalue weighted by molar-refractivity contribution is 0.0954. The van der Waals surface area contributed by atoms with Gasteiger partial charge in [0.2, 0.25) is 0 Å². The zero-order chi connectivity index (χ0) is 17.0. The summed E-state index contributed by atoms with van der Waals surface area (Å²) in [5.41, 5.74) is 3.04. The molecule has 1 aromatic heterocycles. The maximum absolute atomic E-state index is 12.3. The van der Waals surface area contributed by atoms with Crippen molar-refractivity contribution in [1.82, 2.24) is 10.5 Å². The SMILES string of the molecule is Cc1noc(-c2ccc(C(C)(C)C)cc2)c1C(=O)NCCC#N. The van der Waals surface area contributed by atoms with Crippen LogP contribution in [0.5, 0.6) is 0 Å². The molecule has 0 aliphatic carbocycles. The van der Waals surface area contributed by atoms with E-state index in [2.05, 4.69) is 31.2 Å². The van der Waals surface area contributed by atoms with Gasteiger partial charge in [-0.2, -0.15) is 5.26 Å². The van der Waals surface area contributed by atoms with Crippen LogP contribution >= 0.6 is 0 Å². The molecule has 0 spiro atoms. The molecular formula is C18H21N3O2. The Kier molecular flexibility index (Phi) is 4.85. The molecule has 0 saturated carbocycles. The molecule has 0 atom stereocenters. The zero-order valence-corrected chi connectivity index (χ0v) is 13.9. The van der Waals surface area contributed by atoms with E-state index in [0.29, 0.717) is 23.6 Å².